The van der Waals surface area contributed by atoms with Crippen molar-refractivity contribution in [3.63, 3.8) is 0 Å². The van der Waals surface area contributed by atoms with Gasteiger partial charge in [0.05, 0.1) is 5.60 Å². The molecule has 0 radical (unpaired) electrons. The van der Waals surface area contributed by atoms with Gasteiger partial charge in [-0.05, 0) is 31.5 Å². The van der Waals surface area contributed by atoms with Crippen LogP contribution in [-0.4, -0.2) is 23.8 Å². The van der Waals surface area contributed by atoms with Crippen molar-refractivity contribution in [1.29, 1.82) is 0 Å². The summed E-state index contributed by atoms with van der Waals surface area (Å²) in [5.41, 5.74) is -0.618. The van der Waals surface area contributed by atoms with E-state index in [-0.39, 0.29) is 12.0 Å². The van der Waals surface area contributed by atoms with Crippen LogP contribution in [0.4, 0.5) is 8.78 Å². The van der Waals surface area contributed by atoms with Crippen LogP contribution in [0.5, 0.6) is 0 Å². The van der Waals surface area contributed by atoms with E-state index in [0.717, 1.165) is 0 Å². The minimum atomic E-state index is -1.02. The van der Waals surface area contributed by atoms with Gasteiger partial charge >= 0.3 is 0 Å². The van der Waals surface area contributed by atoms with E-state index in [0.29, 0.717) is 25.1 Å². The molecule has 2 N–H and O–H groups in total. The second-order valence-corrected chi connectivity index (χ2v) is 4.48. The van der Waals surface area contributed by atoms with Gasteiger partial charge in [0.2, 0.25) is 0 Å². The fraction of sp³-hybridized carbons (Fsp3) is 0.500. The zero-order chi connectivity index (χ0) is 11.8. The van der Waals surface area contributed by atoms with E-state index >= 15 is 0 Å². The molecule has 1 heterocycles. The molecule has 4 heteroatoms. The summed E-state index contributed by atoms with van der Waals surface area (Å²) in [7, 11) is 0. The number of β-amino-alcohol motifs (C(OH)–C–C–N with tert-alkyl or cyclic N) is 1. The van der Waals surface area contributed by atoms with Gasteiger partial charge in [0.15, 0.2) is 0 Å². The predicted molar refractivity (Wildman–Crippen MR) is 57.2 cm³/mol. The number of hydrogen-bond acceptors (Lipinski definition) is 2. The highest BCUT2D eigenvalue weighted by atomic mass is 19.1. The molecular weight excluding hydrogens is 212 g/mol. The topological polar surface area (TPSA) is 32.3 Å². The first-order valence-corrected chi connectivity index (χ1v) is 5.38. The molecule has 88 valence electrons. The normalized spacial score (nSPS) is 25.0. The van der Waals surface area contributed by atoms with Gasteiger partial charge in [-0.15, -0.1) is 0 Å². The van der Waals surface area contributed by atoms with E-state index in [4.69, 9.17) is 0 Å². The minimum absolute atomic E-state index is 0.00815. The molecule has 2 rings (SSSR count). The first kappa shape index (κ1) is 11.5. The predicted octanol–water partition coefficient (Wildman–Crippen LogP) is 1.54. The van der Waals surface area contributed by atoms with Crippen LogP contribution in [-0.2, 0) is 6.42 Å². The molecule has 1 aliphatic heterocycles. The van der Waals surface area contributed by atoms with Crippen molar-refractivity contribution in [3.8, 4) is 0 Å². The molecule has 0 aromatic heterocycles. The number of aryl methyl sites for hydroxylation is 1. The summed E-state index contributed by atoms with van der Waals surface area (Å²) in [5.74, 6) is -1.12. The lowest BCUT2D eigenvalue weighted by Crippen LogP contribution is -2.34. The largest absolute Gasteiger partial charge is 0.388 e. The van der Waals surface area contributed by atoms with Crippen LogP contribution in [0.1, 0.15) is 17.5 Å². The van der Waals surface area contributed by atoms with Crippen molar-refractivity contribution in [2.24, 2.45) is 0 Å². The van der Waals surface area contributed by atoms with Crippen LogP contribution >= 0.6 is 0 Å². The van der Waals surface area contributed by atoms with Crippen LogP contribution < -0.4 is 5.32 Å². The lowest BCUT2D eigenvalue weighted by atomic mass is 9.92. The molecule has 1 aromatic rings. The standard InChI is InChI=1S/C12H15F2NO/c1-8-2-3-10(13)9(11(8)14)6-12(16)4-5-15-7-12/h2-3,15-16H,4-7H2,1H3. The van der Waals surface area contributed by atoms with Crippen LogP contribution in [0.2, 0.25) is 0 Å². The first-order chi connectivity index (χ1) is 7.52. The molecule has 0 bridgehead atoms. The van der Waals surface area contributed by atoms with Crippen molar-refractivity contribution in [2.45, 2.75) is 25.4 Å². The Labute approximate surface area is 93.3 Å². The van der Waals surface area contributed by atoms with Crippen molar-refractivity contribution in [3.05, 3.63) is 34.9 Å². The van der Waals surface area contributed by atoms with E-state index < -0.39 is 17.2 Å². The molecule has 0 aliphatic carbocycles. The second kappa shape index (κ2) is 4.11. The molecule has 1 saturated heterocycles. The van der Waals surface area contributed by atoms with E-state index in [1.807, 2.05) is 0 Å². The third-order valence-electron chi connectivity index (χ3n) is 3.11. The molecule has 1 unspecified atom stereocenters. The number of aliphatic hydroxyl groups is 1. The smallest absolute Gasteiger partial charge is 0.132 e. The molecule has 1 aliphatic rings. The van der Waals surface area contributed by atoms with Gasteiger partial charge in [0, 0.05) is 18.5 Å². The Morgan fingerprint density at radius 2 is 2.19 bits per heavy atom. The van der Waals surface area contributed by atoms with E-state index in [9.17, 15) is 13.9 Å². The summed E-state index contributed by atoms with van der Waals surface area (Å²) >= 11 is 0. The van der Waals surface area contributed by atoms with Gasteiger partial charge in [-0.2, -0.15) is 0 Å². The minimum Gasteiger partial charge on any atom is -0.388 e. The summed E-state index contributed by atoms with van der Waals surface area (Å²) in [6.45, 7) is 2.67. The summed E-state index contributed by atoms with van der Waals surface area (Å²) in [6.07, 6.45) is 0.555. The zero-order valence-corrected chi connectivity index (χ0v) is 9.19. The SMILES string of the molecule is Cc1ccc(F)c(CC2(O)CCNC2)c1F. The Balaban J connectivity index is 2.30. The van der Waals surface area contributed by atoms with Gasteiger partial charge < -0.3 is 10.4 Å². The Morgan fingerprint density at radius 3 is 2.81 bits per heavy atom. The Hall–Kier alpha value is -1.00. The van der Waals surface area contributed by atoms with E-state index in [1.54, 1.807) is 6.92 Å². The summed E-state index contributed by atoms with van der Waals surface area (Å²) < 4.78 is 27.2. The fourth-order valence-corrected chi connectivity index (χ4v) is 2.09. The maximum Gasteiger partial charge on any atom is 0.132 e. The molecule has 0 saturated carbocycles. The van der Waals surface area contributed by atoms with Crippen molar-refractivity contribution < 1.29 is 13.9 Å². The van der Waals surface area contributed by atoms with Crippen LogP contribution in [0, 0.1) is 18.6 Å². The Bertz CT molecular complexity index is 400. The van der Waals surface area contributed by atoms with Crippen molar-refractivity contribution in [2.75, 3.05) is 13.1 Å². The quantitative estimate of drug-likeness (QED) is 0.803. The third kappa shape index (κ3) is 2.08. The van der Waals surface area contributed by atoms with Gasteiger partial charge in [-0.25, -0.2) is 8.78 Å². The zero-order valence-electron chi connectivity index (χ0n) is 9.19. The maximum absolute atomic E-state index is 13.7. The lowest BCUT2D eigenvalue weighted by molar-refractivity contribution is 0.0600. The molecule has 1 atom stereocenters. The van der Waals surface area contributed by atoms with Gasteiger partial charge in [0.1, 0.15) is 11.6 Å². The van der Waals surface area contributed by atoms with Gasteiger partial charge in [-0.3, -0.25) is 0 Å². The summed E-state index contributed by atoms with van der Waals surface area (Å²) in [6, 6.07) is 2.66. The Kier molecular flexibility index (Phi) is 2.95. The average molecular weight is 227 g/mol. The second-order valence-electron chi connectivity index (χ2n) is 4.48. The van der Waals surface area contributed by atoms with Gasteiger partial charge in [0.25, 0.3) is 0 Å². The monoisotopic (exact) mass is 227 g/mol. The number of rotatable bonds is 2. The van der Waals surface area contributed by atoms with E-state index in [1.165, 1.54) is 12.1 Å². The number of halogens is 2. The highest BCUT2D eigenvalue weighted by Crippen LogP contribution is 2.25. The third-order valence-corrected chi connectivity index (χ3v) is 3.11. The number of hydrogen-bond donors (Lipinski definition) is 2. The van der Waals surface area contributed by atoms with Crippen molar-refractivity contribution in [1.82, 2.24) is 5.32 Å². The Morgan fingerprint density at radius 1 is 1.44 bits per heavy atom. The highest BCUT2D eigenvalue weighted by Gasteiger charge is 2.33. The van der Waals surface area contributed by atoms with Crippen LogP contribution in [0.15, 0.2) is 12.1 Å². The van der Waals surface area contributed by atoms with Crippen LogP contribution in [0.3, 0.4) is 0 Å². The molecule has 2 nitrogen and oxygen atoms in total. The highest BCUT2D eigenvalue weighted by molar-refractivity contribution is 5.28. The molecular formula is C12H15F2NO. The maximum atomic E-state index is 13.7. The van der Waals surface area contributed by atoms with E-state index in [2.05, 4.69) is 5.32 Å². The molecule has 0 spiro atoms. The summed E-state index contributed by atoms with van der Waals surface area (Å²) in [4.78, 5) is 0. The van der Waals surface area contributed by atoms with Gasteiger partial charge in [-0.1, -0.05) is 6.07 Å². The summed E-state index contributed by atoms with van der Waals surface area (Å²) in [5, 5.41) is 13.1. The van der Waals surface area contributed by atoms with Crippen molar-refractivity contribution >= 4 is 0 Å². The average Bonchev–Trinajstić information content (AvgIpc) is 2.66. The number of benzene rings is 1. The lowest BCUT2D eigenvalue weighted by Gasteiger charge is -2.22. The molecule has 16 heavy (non-hydrogen) atoms. The van der Waals surface area contributed by atoms with Crippen LogP contribution in [0.25, 0.3) is 0 Å². The first-order valence-electron chi connectivity index (χ1n) is 5.38. The molecule has 1 fully saturated rings. The fourth-order valence-electron chi connectivity index (χ4n) is 2.09. The number of nitrogens with one attached hydrogen (secondary N) is 1. The molecule has 1 aromatic carbocycles. The molecule has 0 amide bonds.